The maximum absolute atomic E-state index is 6.81. The van der Waals surface area contributed by atoms with Gasteiger partial charge in [-0.15, -0.1) is 0 Å². The van der Waals surface area contributed by atoms with E-state index in [0.717, 1.165) is 0 Å². The molecule has 0 spiro atoms. The summed E-state index contributed by atoms with van der Waals surface area (Å²) < 4.78 is 0. The molecular formula is C17H30N2. The summed E-state index contributed by atoms with van der Waals surface area (Å²) in [6.45, 7) is 2.59. The normalized spacial score (nSPS) is 30.1. The largest absolute Gasteiger partial charge is 0.323 e. The van der Waals surface area contributed by atoms with E-state index in [1.807, 2.05) is 0 Å². The Kier molecular flexibility index (Phi) is 4.28. The second-order valence-electron chi connectivity index (χ2n) is 6.86. The van der Waals surface area contributed by atoms with E-state index in [2.05, 4.69) is 11.0 Å². The average molecular weight is 262 g/mol. The molecule has 2 nitrogen and oxygen atoms in total. The van der Waals surface area contributed by atoms with E-state index >= 15 is 0 Å². The molecule has 3 aliphatic rings. The molecule has 0 amide bonds. The lowest BCUT2D eigenvalue weighted by Gasteiger charge is -2.48. The van der Waals surface area contributed by atoms with Gasteiger partial charge in [0.15, 0.2) is 0 Å². The molecule has 0 aromatic rings. The van der Waals surface area contributed by atoms with Gasteiger partial charge in [0.2, 0.25) is 0 Å². The molecule has 19 heavy (non-hydrogen) atoms. The van der Waals surface area contributed by atoms with Crippen molar-refractivity contribution in [3.05, 3.63) is 11.6 Å². The molecule has 1 saturated heterocycles. The highest BCUT2D eigenvalue weighted by Crippen LogP contribution is 2.42. The maximum atomic E-state index is 6.81. The van der Waals surface area contributed by atoms with Crippen LogP contribution < -0.4 is 5.73 Å². The van der Waals surface area contributed by atoms with Gasteiger partial charge in [-0.25, -0.2) is 0 Å². The Morgan fingerprint density at radius 1 is 0.947 bits per heavy atom. The minimum absolute atomic E-state index is 0.313. The molecule has 0 aromatic heterocycles. The molecule has 1 heterocycles. The van der Waals surface area contributed by atoms with Crippen LogP contribution in [0.4, 0.5) is 0 Å². The van der Waals surface area contributed by atoms with Crippen molar-refractivity contribution in [2.45, 2.75) is 82.2 Å². The van der Waals surface area contributed by atoms with Crippen LogP contribution in [0.3, 0.4) is 0 Å². The van der Waals surface area contributed by atoms with Gasteiger partial charge in [-0.05, 0) is 64.5 Å². The summed E-state index contributed by atoms with van der Waals surface area (Å²) in [5.41, 5.74) is 8.71. The lowest BCUT2D eigenvalue weighted by Crippen LogP contribution is -2.60. The summed E-state index contributed by atoms with van der Waals surface area (Å²) in [5, 5.41) is 0. The fourth-order valence-electron chi connectivity index (χ4n) is 4.64. The van der Waals surface area contributed by atoms with E-state index in [9.17, 15) is 0 Å². The zero-order valence-corrected chi connectivity index (χ0v) is 12.4. The molecule has 2 fully saturated rings. The number of nitrogens with two attached hydrogens (primary N) is 1. The monoisotopic (exact) mass is 262 g/mol. The topological polar surface area (TPSA) is 29.3 Å². The van der Waals surface area contributed by atoms with Crippen LogP contribution in [0.25, 0.3) is 0 Å². The molecule has 0 radical (unpaired) electrons. The van der Waals surface area contributed by atoms with Crippen LogP contribution in [0, 0.1) is 0 Å². The molecule has 0 bridgehead atoms. The van der Waals surface area contributed by atoms with Gasteiger partial charge >= 0.3 is 0 Å². The van der Waals surface area contributed by atoms with Crippen LogP contribution in [0.1, 0.15) is 70.6 Å². The zero-order chi connectivity index (χ0) is 13.1. The van der Waals surface area contributed by atoms with Crippen molar-refractivity contribution in [2.75, 3.05) is 13.1 Å². The SMILES string of the molecule is NC(C1=CCCCC1)C1(N2CCCCC2)CCCC1. The maximum Gasteiger partial charge on any atom is 0.0441 e. The molecule has 1 unspecified atom stereocenters. The van der Waals surface area contributed by atoms with Crippen molar-refractivity contribution in [1.29, 1.82) is 0 Å². The zero-order valence-electron chi connectivity index (χ0n) is 12.4. The summed E-state index contributed by atoms with van der Waals surface area (Å²) in [5.74, 6) is 0. The van der Waals surface area contributed by atoms with Crippen LogP contribution in [-0.2, 0) is 0 Å². The molecule has 1 aliphatic heterocycles. The average Bonchev–Trinajstić information content (AvgIpc) is 2.99. The van der Waals surface area contributed by atoms with Gasteiger partial charge in [-0.2, -0.15) is 0 Å². The van der Waals surface area contributed by atoms with E-state index < -0.39 is 0 Å². The van der Waals surface area contributed by atoms with Crippen molar-refractivity contribution >= 4 is 0 Å². The van der Waals surface area contributed by atoms with Crippen LogP contribution in [0.5, 0.6) is 0 Å². The van der Waals surface area contributed by atoms with Gasteiger partial charge in [0.1, 0.15) is 0 Å². The van der Waals surface area contributed by atoms with Gasteiger partial charge in [0, 0.05) is 11.6 Å². The number of likely N-dealkylation sites (tertiary alicyclic amines) is 1. The third-order valence-electron chi connectivity index (χ3n) is 5.76. The Hall–Kier alpha value is -0.340. The van der Waals surface area contributed by atoms with E-state index in [1.54, 1.807) is 5.57 Å². The molecule has 108 valence electrons. The van der Waals surface area contributed by atoms with Gasteiger partial charge < -0.3 is 5.73 Å². The summed E-state index contributed by atoms with van der Waals surface area (Å²) in [6.07, 6.45) is 17.4. The number of allylic oxidation sites excluding steroid dienone is 1. The quantitative estimate of drug-likeness (QED) is 0.787. The third-order valence-corrected chi connectivity index (χ3v) is 5.76. The second kappa shape index (κ2) is 5.97. The predicted octanol–water partition coefficient (Wildman–Crippen LogP) is 3.61. The molecule has 3 rings (SSSR count). The molecule has 1 saturated carbocycles. The van der Waals surface area contributed by atoms with Crippen molar-refractivity contribution in [1.82, 2.24) is 4.90 Å². The highest BCUT2D eigenvalue weighted by atomic mass is 15.2. The Balaban J connectivity index is 1.80. The van der Waals surface area contributed by atoms with Crippen molar-refractivity contribution in [3.8, 4) is 0 Å². The number of hydrogen-bond donors (Lipinski definition) is 1. The lowest BCUT2D eigenvalue weighted by molar-refractivity contribution is 0.0561. The van der Waals surface area contributed by atoms with E-state index in [4.69, 9.17) is 5.73 Å². The van der Waals surface area contributed by atoms with Crippen molar-refractivity contribution in [2.24, 2.45) is 5.73 Å². The van der Waals surface area contributed by atoms with Crippen LogP contribution in [0.2, 0.25) is 0 Å². The number of rotatable bonds is 3. The van der Waals surface area contributed by atoms with Gasteiger partial charge in [-0.3, -0.25) is 4.90 Å². The minimum atomic E-state index is 0.313. The number of nitrogens with zero attached hydrogens (tertiary/aromatic N) is 1. The Labute approximate surface area is 118 Å². The van der Waals surface area contributed by atoms with Crippen LogP contribution in [-0.4, -0.2) is 29.6 Å². The van der Waals surface area contributed by atoms with E-state index in [1.165, 1.54) is 83.7 Å². The number of piperidine rings is 1. The predicted molar refractivity (Wildman–Crippen MR) is 81.1 cm³/mol. The Morgan fingerprint density at radius 3 is 2.32 bits per heavy atom. The van der Waals surface area contributed by atoms with Gasteiger partial charge in [0.25, 0.3) is 0 Å². The van der Waals surface area contributed by atoms with Crippen LogP contribution >= 0.6 is 0 Å². The Morgan fingerprint density at radius 2 is 1.68 bits per heavy atom. The first kappa shape index (κ1) is 13.6. The first-order valence-electron chi connectivity index (χ1n) is 8.52. The smallest absolute Gasteiger partial charge is 0.0441 e. The van der Waals surface area contributed by atoms with Gasteiger partial charge in [-0.1, -0.05) is 30.9 Å². The second-order valence-corrected chi connectivity index (χ2v) is 6.86. The first-order valence-corrected chi connectivity index (χ1v) is 8.52. The number of hydrogen-bond acceptors (Lipinski definition) is 2. The molecular weight excluding hydrogens is 232 g/mol. The molecule has 0 aromatic carbocycles. The first-order chi connectivity index (χ1) is 9.33. The molecule has 2 aliphatic carbocycles. The van der Waals surface area contributed by atoms with Gasteiger partial charge in [0.05, 0.1) is 0 Å². The standard InChI is InChI=1S/C17H30N2/c18-16(15-9-3-1-4-10-15)17(11-5-6-12-17)19-13-7-2-8-14-19/h9,16H,1-8,10-14,18H2. The summed E-state index contributed by atoms with van der Waals surface area (Å²) in [7, 11) is 0. The highest BCUT2D eigenvalue weighted by molar-refractivity contribution is 5.21. The fraction of sp³-hybridized carbons (Fsp3) is 0.882. The molecule has 1 atom stereocenters. The summed E-state index contributed by atoms with van der Waals surface area (Å²) in [6, 6.07) is 0.313. The summed E-state index contributed by atoms with van der Waals surface area (Å²) in [4.78, 5) is 2.78. The van der Waals surface area contributed by atoms with E-state index in [0.29, 0.717) is 11.6 Å². The lowest BCUT2D eigenvalue weighted by atomic mass is 9.78. The fourth-order valence-corrected chi connectivity index (χ4v) is 4.64. The third kappa shape index (κ3) is 2.62. The van der Waals surface area contributed by atoms with Crippen molar-refractivity contribution in [3.63, 3.8) is 0 Å². The van der Waals surface area contributed by atoms with Crippen LogP contribution in [0.15, 0.2) is 11.6 Å². The molecule has 2 heteroatoms. The van der Waals surface area contributed by atoms with E-state index in [-0.39, 0.29) is 0 Å². The minimum Gasteiger partial charge on any atom is -0.323 e. The Bertz CT molecular complexity index is 322. The summed E-state index contributed by atoms with van der Waals surface area (Å²) >= 11 is 0. The highest BCUT2D eigenvalue weighted by Gasteiger charge is 2.45. The molecule has 2 N–H and O–H groups in total. The van der Waals surface area contributed by atoms with Crippen molar-refractivity contribution < 1.29 is 0 Å².